The van der Waals surface area contributed by atoms with Crippen LogP contribution in [0.25, 0.3) is 0 Å². The molecule has 0 unspecified atom stereocenters. The van der Waals surface area contributed by atoms with Gasteiger partial charge in [-0.3, -0.25) is 4.90 Å². The van der Waals surface area contributed by atoms with E-state index in [0.29, 0.717) is 13.1 Å². The van der Waals surface area contributed by atoms with Gasteiger partial charge in [-0.25, -0.2) is 17.9 Å². The number of nitrogens with zero attached hydrogens (tertiary/aromatic N) is 2. The number of urea groups is 1. The number of carbonyl (C=O) groups excluding carboxylic acids is 1. The molecule has 2 atom stereocenters. The molecule has 7 nitrogen and oxygen atoms in total. The maximum absolute atomic E-state index is 12.5. The van der Waals surface area contributed by atoms with Gasteiger partial charge in [0.15, 0.2) is 0 Å². The van der Waals surface area contributed by atoms with Crippen molar-refractivity contribution in [1.29, 1.82) is 0 Å². The number of carbonyl (C=O) groups is 1. The molecule has 2 N–H and O–H groups in total. The summed E-state index contributed by atoms with van der Waals surface area (Å²) in [5.74, 6) is 0. The lowest BCUT2D eigenvalue weighted by Gasteiger charge is -2.36. The van der Waals surface area contributed by atoms with Gasteiger partial charge in [-0.2, -0.15) is 0 Å². The second-order valence-corrected chi connectivity index (χ2v) is 8.05. The first-order valence-electron chi connectivity index (χ1n) is 8.51. The molecule has 0 aliphatic carbocycles. The smallest absolute Gasteiger partial charge is 0.317 e. The van der Waals surface area contributed by atoms with E-state index in [0.717, 1.165) is 38.6 Å². The summed E-state index contributed by atoms with van der Waals surface area (Å²) in [6.07, 6.45) is 3.97. The average molecular weight is 349 g/mol. The Morgan fingerprint density at radius 3 is 2.52 bits per heavy atom. The molecule has 8 heteroatoms. The second kappa shape index (κ2) is 9.44. The van der Waals surface area contributed by atoms with Crippen molar-refractivity contribution in [2.75, 3.05) is 39.0 Å². The largest absolute Gasteiger partial charge is 0.336 e. The van der Waals surface area contributed by atoms with Crippen molar-refractivity contribution in [2.24, 2.45) is 0 Å². The predicted molar refractivity (Wildman–Crippen MR) is 93.0 cm³/mol. The summed E-state index contributed by atoms with van der Waals surface area (Å²) in [7, 11) is -3.23. The fourth-order valence-corrected chi connectivity index (χ4v) is 3.54. The van der Waals surface area contributed by atoms with Gasteiger partial charge in [0, 0.05) is 31.7 Å². The Bertz CT molecular complexity index is 465. The average Bonchev–Trinajstić information content (AvgIpc) is 2.51. The summed E-state index contributed by atoms with van der Waals surface area (Å²) in [6, 6.07) is 0.123. The minimum atomic E-state index is -3.23. The molecule has 0 spiro atoms. The van der Waals surface area contributed by atoms with Gasteiger partial charge in [-0.05, 0) is 39.3 Å². The monoisotopic (exact) mass is 348 g/mol. The first kappa shape index (κ1) is 20.2. The molecular formula is C15H32N4O3S. The Hall–Kier alpha value is -0.860. The fourth-order valence-electron chi connectivity index (χ4n) is 3.04. The number of hydrogen-bond acceptors (Lipinski definition) is 4. The number of rotatable bonds is 8. The Labute approximate surface area is 140 Å². The summed E-state index contributed by atoms with van der Waals surface area (Å²) in [5, 5.41) is 3.00. The third kappa shape index (κ3) is 7.05. The molecule has 1 aliphatic heterocycles. The van der Waals surface area contributed by atoms with Crippen molar-refractivity contribution in [3.63, 3.8) is 0 Å². The summed E-state index contributed by atoms with van der Waals surface area (Å²) < 4.78 is 25.1. The SMILES string of the molecule is CCN(CC)[C@H](C)CNC(=O)N1CCCC[C@@H]1CNS(C)(=O)=O. The predicted octanol–water partition coefficient (Wildman–Crippen LogP) is 0.830. The number of amides is 2. The normalized spacial score (nSPS) is 20.6. The van der Waals surface area contributed by atoms with Crippen molar-refractivity contribution in [1.82, 2.24) is 19.8 Å². The van der Waals surface area contributed by atoms with E-state index in [9.17, 15) is 13.2 Å². The van der Waals surface area contributed by atoms with Gasteiger partial charge in [-0.15, -0.1) is 0 Å². The lowest BCUT2D eigenvalue weighted by molar-refractivity contribution is 0.147. The van der Waals surface area contributed by atoms with Crippen LogP contribution in [0.4, 0.5) is 4.79 Å². The van der Waals surface area contributed by atoms with Crippen LogP contribution in [-0.2, 0) is 10.0 Å². The molecule has 1 heterocycles. The van der Waals surface area contributed by atoms with Gasteiger partial charge in [0.25, 0.3) is 0 Å². The molecule has 1 saturated heterocycles. The van der Waals surface area contributed by atoms with E-state index in [1.54, 1.807) is 4.90 Å². The van der Waals surface area contributed by atoms with Gasteiger partial charge in [0.1, 0.15) is 0 Å². The quantitative estimate of drug-likeness (QED) is 0.681. The van der Waals surface area contributed by atoms with E-state index in [2.05, 4.69) is 35.7 Å². The van der Waals surface area contributed by atoms with Crippen LogP contribution in [0, 0.1) is 0 Å². The van der Waals surface area contributed by atoms with Crippen molar-refractivity contribution >= 4 is 16.1 Å². The highest BCUT2D eigenvalue weighted by molar-refractivity contribution is 7.88. The van der Waals surface area contributed by atoms with Crippen LogP contribution in [0.15, 0.2) is 0 Å². The van der Waals surface area contributed by atoms with Crippen molar-refractivity contribution in [3.05, 3.63) is 0 Å². The molecule has 1 aliphatic rings. The number of hydrogen-bond donors (Lipinski definition) is 2. The first-order chi connectivity index (χ1) is 10.8. The zero-order valence-corrected chi connectivity index (χ0v) is 15.7. The molecular weight excluding hydrogens is 316 g/mol. The summed E-state index contributed by atoms with van der Waals surface area (Å²) in [5.41, 5.74) is 0. The molecule has 0 aromatic rings. The molecule has 2 amide bonds. The minimum absolute atomic E-state index is 0.0674. The van der Waals surface area contributed by atoms with Gasteiger partial charge in [-0.1, -0.05) is 13.8 Å². The zero-order valence-electron chi connectivity index (χ0n) is 14.8. The van der Waals surface area contributed by atoms with Crippen molar-refractivity contribution in [3.8, 4) is 0 Å². The molecule has 0 bridgehead atoms. The van der Waals surface area contributed by atoms with Crippen LogP contribution in [0.2, 0.25) is 0 Å². The van der Waals surface area contributed by atoms with Crippen LogP contribution in [0.1, 0.15) is 40.0 Å². The Morgan fingerprint density at radius 1 is 1.30 bits per heavy atom. The summed E-state index contributed by atoms with van der Waals surface area (Å²) >= 11 is 0. The van der Waals surface area contributed by atoms with Crippen molar-refractivity contribution in [2.45, 2.75) is 52.1 Å². The highest BCUT2D eigenvalue weighted by atomic mass is 32.2. The first-order valence-corrected chi connectivity index (χ1v) is 10.4. The highest BCUT2D eigenvalue weighted by Crippen LogP contribution is 2.16. The molecule has 1 rings (SSSR count). The van der Waals surface area contributed by atoms with Crippen LogP contribution < -0.4 is 10.0 Å². The number of likely N-dealkylation sites (N-methyl/N-ethyl adjacent to an activating group) is 1. The highest BCUT2D eigenvalue weighted by Gasteiger charge is 2.27. The van der Waals surface area contributed by atoms with Crippen LogP contribution in [0.5, 0.6) is 0 Å². The minimum Gasteiger partial charge on any atom is -0.336 e. The van der Waals surface area contributed by atoms with E-state index in [4.69, 9.17) is 0 Å². The topological polar surface area (TPSA) is 81.8 Å². The Kier molecular flexibility index (Phi) is 8.28. The van der Waals surface area contributed by atoms with E-state index >= 15 is 0 Å². The van der Waals surface area contributed by atoms with Gasteiger partial charge >= 0.3 is 6.03 Å². The third-order valence-electron chi connectivity index (χ3n) is 4.45. The summed E-state index contributed by atoms with van der Waals surface area (Å²) in [6.45, 7) is 9.81. The molecule has 23 heavy (non-hydrogen) atoms. The van der Waals surface area contributed by atoms with Gasteiger partial charge in [0.05, 0.1) is 6.26 Å². The number of nitrogens with one attached hydrogen (secondary N) is 2. The van der Waals surface area contributed by atoms with E-state index < -0.39 is 10.0 Å². The van der Waals surface area contributed by atoms with Crippen LogP contribution in [0.3, 0.4) is 0 Å². The molecule has 136 valence electrons. The standard InChI is InChI=1S/C15H32N4O3S/c1-5-18(6-2)13(3)11-16-15(20)19-10-8-7-9-14(19)12-17-23(4,21)22/h13-14,17H,5-12H2,1-4H3,(H,16,20)/t13-,14-/m1/s1. The molecule has 0 saturated carbocycles. The summed E-state index contributed by atoms with van der Waals surface area (Å²) in [4.78, 5) is 16.5. The van der Waals surface area contributed by atoms with E-state index in [-0.39, 0.29) is 24.7 Å². The Balaban J connectivity index is 2.54. The van der Waals surface area contributed by atoms with Gasteiger partial charge < -0.3 is 10.2 Å². The second-order valence-electron chi connectivity index (χ2n) is 6.22. The lowest BCUT2D eigenvalue weighted by Crippen LogP contribution is -2.54. The maximum Gasteiger partial charge on any atom is 0.317 e. The van der Waals surface area contributed by atoms with E-state index in [1.165, 1.54) is 0 Å². The van der Waals surface area contributed by atoms with Crippen LogP contribution in [-0.4, -0.2) is 75.3 Å². The van der Waals surface area contributed by atoms with Crippen LogP contribution >= 0.6 is 0 Å². The number of likely N-dealkylation sites (tertiary alicyclic amines) is 1. The zero-order chi connectivity index (χ0) is 17.5. The maximum atomic E-state index is 12.5. The number of piperidine rings is 1. The van der Waals surface area contributed by atoms with Gasteiger partial charge in [0.2, 0.25) is 10.0 Å². The third-order valence-corrected chi connectivity index (χ3v) is 5.14. The number of sulfonamides is 1. The molecule has 0 aromatic carbocycles. The van der Waals surface area contributed by atoms with Crippen molar-refractivity contribution < 1.29 is 13.2 Å². The molecule has 1 fully saturated rings. The Morgan fingerprint density at radius 2 is 1.96 bits per heavy atom. The molecule has 0 aromatic heterocycles. The van der Waals surface area contributed by atoms with E-state index in [1.807, 2.05) is 0 Å². The fraction of sp³-hybridized carbons (Fsp3) is 0.933. The lowest BCUT2D eigenvalue weighted by atomic mass is 10.0. The molecule has 0 radical (unpaired) electrons.